The molecule has 0 unspecified atom stereocenters. The molecule has 1 atom stereocenters. The van der Waals surface area contributed by atoms with Crippen molar-refractivity contribution in [3.05, 3.63) is 54.1 Å². The van der Waals surface area contributed by atoms with Crippen LogP contribution in [0.2, 0.25) is 0 Å². The molecule has 3 amide bonds. The Hall–Kier alpha value is -3.16. The molecule has 0 aliphatic rings. The van der Waals surface area contributed by atoms with Crippen LogP contribution in [0, 0.1) is 11.6 Å². The Labute approximate surface area is 136 Å². The van der Waals surface area contributed by atoms with Crippen molar-refractivity contribution in [1.29, 1.82) is 0 Å². The fraction of sp³-hybridized carbons (Fsp3) is 0.125. The smallest absolute Gasteiger partial charge is 0.316 e. The Kier molecular flexibility index (Phi) is 5.31. The number of halogens is 2. The summed E-state index contributed by atoms with van der Waals surface area (Å²) in [6.07, 6.45) is -0.932. The SMILES string of the molecule is C[C@H](Oc1ccc(F)c(F)c1)C(=O)Nc1ccc(NC(N)=O)cc1. The van der Waals surface area contributed by atoms with Crippen LogP contribution in [0.4, 0.5) is 25.0 Å². The van der Waals surface area contributed by atoms with Crippen LogP contribution in [0.1, 0.15) is 6.92 Å². The minimum atomic E-state index is -1.06. The predicted octanol–water partition coefficient (Wildman–Crippen LogP) is 2.86. The number of carbonyl (C=O) groups excluding carboxylic acids is 2. The van der Waals surface area contributed by atoms with E-state index in [4.69, 9.17) is 10.5 Å². The molecular formula is C16H15F2N3O3. The van der Waals surface area contributed by atoms with Gasteiger partial charge in [-0.15, -0.1) is 0 Å². The van der Waals surface area contributed by atoms with Crippen molar-refractivity contribution in [2.75, 3.05) is 10.6 Å². The molecule has 0 aliphatic carbocycles. The second kappa shape index (κ2) is 7.40. The predicted molar refractivity (Wildman–Crippen MR) is 84.7 cm³/mol. The Morgan fingerprint density at radius 3 is 2.12 bits per heavy atom. The summed E-state index contributed by atoms with van der Waals surface area (Å²) in [5, 5.41) is 4.98. The molecule has 0 spiro atoms. The first-order valence-electron chi connectivity index (χ1n) is 6.94. The van der Waals surface area contributed by atoms with E-state index in [1.54, 1.807) is 24.3 Å². The van der Waals surface area contributed by atoms with Crippen molar-refractivity contribution in [3.8, 4) is 5.75 Å². The van der Waals surface area contributed by atoms with Crippen molar-refractivity contribution in [2.24, 2.45) is 5.73 Å². The van der Waals surface area contributed by atoms with Gasteiger partial charge >= 0.3 is 6.03 Å². The van der Waals surface area contributed by atoms with Crippen molar-refractivity contribution in [3.63, 3.8) is 0 Å². The summed E-state index contributed by atoms with van der Waals surface area (Å²) in [5.41, 5.74) is 5.94. The monoisotopic (exact) mass is 335 g/mol. The summed E-state index contributed by atoms with van der Waals surface area (Å²) in [7, 11) is 0. The number of anilines is 2. The lowest BCUT2D eigenvalue weighted by Crippen LogP contribution is -2.30. The Balaban J connectivity index is 1.95. The Morgan fingerprint density at radius 2 is 1.58 bits per heavy atom. The van der Waals surface area contributed by atoms with E-state index in [1.807, 2.05) is 0 Å². The third-order valence-corrected chi connectivity index (χ3v) is 2.99. The van der Waals surface area contributed by atoms with E-state index in [9.17, 15) is 18.4 Å². The average molecular weight is 335 g/mol. The van der Waals surface area contributed by atoms with Crippen molar-refractivity contribution in [2.45, 2.75) is 13.0 Å². The summed E-state index contributed by atoms with van der Waals surface area (Å²) in [6.45, 7) is 1.47. The van der Waals surface area contributed by atoms with Gasteiger partial charge in [0.15, 0.2) is 17.7 Å². The van der Waals surface area contributed by atoms with Gasteiger partial charge in [0, 0.05) is 17.4 Å². The summed E-state index contributed by atoms with van der Waals surface area (Å²) >= 11 is 0. The maximum atomic E-state index is 13.1. The van der Waals surface area contributed by atoms with E-state index >= 15 is 0 Å². The van der Waals surface area contributed by atoms with Crippen molar-refractivity contribution < 1.29 is 23.1 Å². The molecule has 0 bridgehead atoms. The van der Waals surface area contributed by atoms with Crippen LogP contribution in [-0.4, -0.2) is 18.0 Å². The van der Waals surface area contributed by atoms with E-state index in [0.29, 0.717) is 11.4 Å². The highest BCUT2D eigenvalue weighted by molar-refractivity contribution is 5.94. The molecule has 2 aromatic carbocycles. The maximum Gasteiger partial charge on any atom is 0.316 e. The zero-order chi connectivity index (χ0) is 17.7. The largest absolute Gasteiger partial charge is 0.481 e. The number of ether oxygens (including phenoxy) is 1. The molecule has 24 heavy (non-hydrogen) atoms. The number of carbonyl (C=O) groups is 2. The number of nitrogens with one attached hydrogen (secondary N) is 2. The molecule has 6 nitrogen and oxygen atoms in total. The molecule has 0 aliphatic heterocycles. The molecule has 8 heteroatoms. The van der Waals surface area contributed by atoms with Crippen LogP contribution in [0.3, 0.4) is 0 Å². The molecule has 0 saturated heterocycles. The molecule has 0 aromatic heterocycles. The number of hydrogen-bond donors (Lipinski definition) is 3. The van der Waals surface area contributed by atoms with Gasteiger partial charge < -0.3 is 21.1 Å². The number of urea groups is 1. The first-order valence-corrected chi connectivity index (χ1v) is 6.94. The number of rotatable bonds is 5. The van der Waals surface area contributed by atoms with Crippen LogP contribution in [0.5, 0.6) is 5.75 Å². The normalized spacial score (nSPS) is 11.5. The second-order valence-corrected chi connectivity index (χ2v) is 4.89. The zero-order valence-corrected chi connectivity index (χ0v) is 12.7. The van der Waals surface area contributed by atoms with Crippen molar-refractivity contribution >= 4 is 23.3 Å². The Bertz CT molecular complexity index is 751. The third kappa shape index (κ3) is 4.67. The van der Waals surface area contributed by atoms with Crippen LogP contribution < -0.4 is 21.1 Å². The maximum absolute atomic E-state index is 13.1. The highest BCUT2D eigenvalue weighted by atomic mass is 19.2. The molecule has 2 aromatic rings. The van der Waals surface area contributed by atoms with E-state index in [0.717, 1.165) is 12.1 Å². The van der Waals surface area contributed by atoms with E-state index in [1.165, 1.54) is 13.0 Å². The van der Waals surface area contributed by atoms with Gasteiger partial charge in [-0.3, -0.25) is 4.79 Å². The van der Waals surface area contributed by atoms with Gasteiger partial charge in [-0.25, -0.2) is 13.6 Å². The number of hydrogen-bond acceptors (Lipinski definition) is 3. The number of nitrogens with two attached hydrogens (primary N) is 1. The van der Waals surface area contributed by atoms with Crippen LogP contribution >= 0.6 is 0 Å². The lowest BCUT2D eigenvalue weighted by Gasteiger charge is -2.15. The van der Waals surface area contributed by atoms with Gasteiger partial charge in [0.2, 0.25) is 0 Å². The lowest BCUT2D eigenvalue weighted by atomic mass is 10.2. The summed E-state index contributed by atoms with van der Waals surface area (Å²) in [5.74, 6) is -2.49. The average Bonchev–Trinajstić information content (AvgIpc) is 2.52. The molecule has 0 saturated carbocycles. The quantitative estimate of drug-likeness (QED) is 0.784. The standard InChI is InChI=1S/C16H15F2N3O3/c1-9(24-12-6-7-13(17)14(18)8-12)15(22)20-10-2-4-11(5-3-10)21-16(19)23/h2-9H,1H3,(H,20,22)(H3,19,21,23)/t9-/m0/s1. The van der Waals surface area contributed by atoms with Gasteiger partial charge in [-0.05, 0) is 43.3 Å². The summed E-state index contributed by atoms with van der Waals surface area (Å²) in [4.78, 5) is 22.8. The minimum absolute atomic E-state index is 0.0394. The molecular weight excluding hydrogens is 320 g/mol. The minimum Gasteiger partial charge on any atom is -0.481 e. The highest BCUT2D eigenvalue weighted by Crippen LogP contribution is 2.18. The molecule has 126 valence electrons. The van der Waals surface area contributed by atoms with Crippen LogP contribution in [-0.2, 0) is 4.79 Å². The topological polar surface area (TPSA) is 93.4 Å². The molecule has 0 radical (unpaired) electrons. The second-order valence-electron chi connectivity index (χ2n) is 4.89. The van der Waals surface area contributed by atoms with Crippen LogP contribution in [0.25, 0.3) is 0 Å². The number of primary amides is 1. The highest BCUT2D eigenvalue weighted by Gasteiger charge is 2.16. The molecule has 2 rings (SSSR count). The van der Waals surface area contributed by atoms with Gasteiger partial charge in [0.05, 0.1) is 0 Å². The van der Waals surface area contributed by atoms with E-state index in [-0.39, 0.29) is 5.75 Å². The summed E-state index contributed by atoms with van der Waals surface area (Å²) < 4.78 is 31.2. The molecule has 0 fully saturated rings. The fourth-order valence-corrected chi connectivity index (χ4v) is 1.83. The fourth-order valence-electron chi connectivity index (χ4n) is 1.83. The Morgan fingerprint density at radius 1 is 1.00 bits per heavy atom. The molecule has 4 N–H and O–H groups in total. The number of amides is 3. The van der Waals surface area contributed by atoms with E-state index < -0.39 is 29.7 Å². The zero-order valence-electron chi connectivity index (χ0n) is 12.7. The lowest BCUT2D eigenvalue weighted by molar-refractivity contribution is -0.122. The first-order chi connectivity index (χ1) is 11.3. The van der Waals surface area contributed by atoms with Gasteiger partial charge in [-0.1, -0.05) is 0 Å². The third-order valence-electron chi connectivity index (χ3n) is 2.99. The van der Waals surface area contributed by atoms with Crippen LogP contribution in [0.15, 0.2) is 42.5 Å². The van der Waals surface area contributed by atoms with Gasteiger partial charge in [-0.2, -0.15) is 0 Å². The van der Waals surface area contributed by atoms with Gasteiger partial charge in [0.1, 0.15) is 5.75 Å². The van der Waals surface area contributed by atoms with Gasteiger partial charge in [0.25, 0.3) is 5.91 Å². The summed E-state index contributed by atoms with van der Waals surface area (Å²) in [6, 6.07) is 8.55. The van der Waals surface area contributed by atoms with Crippen molar-refractivity contribution in [1.82, 2.24) is 0 Å². The number of benzene rings is 2. The first kappa shape index (κ1) is 17.2. The molecule has 0 heterocycles. The van der Waals surface area contributed by atoms with E-state index in [2.05, 4.69) is 10.6 Å².